The summed E-state index contributed by atoms with van der Waals surface area (Å²) in [6.07, 6.45) is 2.90. The predicted octanol–water partition coefficient (Wildman–Crippen LogP) is 2.45. The number of hydrogen-bond acceptors (Lipinski definition) is 6. The normalized spacial score (nSPS) is 15.0. The summed E-state index contributed by atoms with van der Waals surface area (Å²) in [5.41, 5.74) is 1.38. The van der Waals surface area contributed by atoms with Crippen molar-refractivity contribution in [3.05, 3.63) is 34.0 Å². The molecule has 146 valence electrons. The molecule has 9 heteroatoms. The molecular weight excluding hydrogens is 366 g/mol. The molecule has 0 spiro atoms. The van der Waals surface area contributed by atoms with Gasteiger partial charge in [0.25, 0.3) is 5.91 Å². The average molecular weight is 391 g/mol. The Hall–Kier alpha value is -2.42. The summed E-state index contributed by atoms with van der Waals surface area (Å²) in [5.74, 6) is -0.0529. The van der Waals surface area contributed by atoms with E-state index in [9.17, 15) is 9.59 Å². The van der Waals surface area contributed by atoms with Crippen LogP contribution in [-0.2, 0) is 18.3 Å². The maximum atomic E-state index is 13.3. The van der Waals surface area contributed by atoms with Gasteiger partial charge in [0, 0.05) is 37.8 Å². The summed E-state index contributed by atoms with van der Waals surface area (Å²) >= 11 is 1.54. The van der Waals surface area contributed by atoms with Crippen LogP contribution >= 0.6 is 11.3 Å². The number of nitrogens with zero attached hydrogens (tertiary/aromatic N) is 5. The van der Waals surface area contributed by atoms with Crippen molar-refractivity contribution in [3.8, 4) is 0 Å². The number of carbonyl (C=O) groups excluding carboxylic acids is 2. The van der Waals surface area contributed by atoms with Crippen molar-refractivity contribution in [2.45, 2.75) is 39.3 Å². The SMILES string of the molecule is CCOC(=O)N1CCC(N(Cc2nccs2)C(=O)c2cc(C)nn2C)CC1. The van der Waals surface area contributed by atoms with E-state index in [4.69, 9.17) is 4.74 Å². The number of likely N-dealkylation sites (tertiary alicyclic amines) is 1. The minimum absolute atomic E-state index is 0.0438. The highest BCUT2D eigenvalue weighted by Crippen LogP contribution is 2.23. The van der Waals surface area contributed by atoms with Crippen LogP contribution in [0.5, 0.6) is 0 Å². The number of piperidine rings is 1. The number of carbonyl (C=O) groups is 2. The second kappa shape index (κ2) is 8.51. The van der Waals surface area contributed by atoms with Crippen LogP contribution in [0.15, 0.2) is 17.6 Å². The third-order valence-corrected chi connectivity index (χ3v) is 5.47. The zero-order valence-electron chi connectivity index (χ0n) is 15.9. The number of aromatic nitrogens is 3. The second-order valence-electron chi connectivity index (χ2n) is 6.57. The van der Waals surface area contributed by atoms with Gasteiger partial charge < -0.3 is 14.5 Å². The highest BCUT2D eigenvalue weighted by Gasteiger charge is 2.32. The molecule has 2 amide bonds. The van der Waals surface area contributed by atoms with E-state index in [1.54, 1.807) is 29.7 Å². The lowest BCUT2D eigenvalue weighted by atomic mass is 10.0. The lowest BCUT2D eigenvalue weighted by molar-refractivity contribution is 0.0507. The van der Waals surface area contributed by atoms with Crippen LogP contribution in [0.25, 0.3) is 0 Å². The lowest BCUT2D eigenvalue weighted by Gasteiger charge is -2.37. The molecule has 1 aliphatic rings. The molecule has 0 atom stereocenters. The Morgan fingerprint density at radius 1 is 1.37 bits per heavy atom. The molecule has 0 radical (unpaired) electrons. The number of rotatable bonds is 5. The molecule has 0 unspecified atom stereocenters. The van der Waals surface area contributed by atoms with E-state index in [0.29, 0.717) is 44.8 Å². The van der Waals surface area contributed by atoms with Gasteiger partial charge in [-0.2, -0.15) is 5.10 Å². The fourth-order valence-corrected chi connectivity index (χ4v) is 3.99. The topological polar surface area (TPSA) is 80.6 Å². The summed E-state index contributed by atoms with van der Waals surface area (Å²) in [6.45, 7) is 5.66. The Labute approximate surface area is 162 Å². The quantitative estimate of drug-likeness (QED) is 0.782. The van der Waals surface area contributed by atoms with Gasteiger partial charge in [-0.15, -0.1) is 11.3 Å². The summed E-state index contributed by atoms with van der Waals surface area (Å²) in [5, 5.41) is 7.11. The molecule has 3 rings (SSSR count). The third kappa shape index (κ3) is 4.47. The monoisotopic (exact) mass is 391 g/mol. The highest BCUT2D eigenvalue weighted by molar-refractivity contribution is 7.09. The smallest absolute Gasteiger partial charge is 0.409 e. The van der Waals surface area contributed by atoms with Crippen LogP contribution in [0.3, 0.4) is 0 Å². The fraction of sp³-hybridized carbons (Fsp3) is 0.556. The molecule has 1 fully saturated rings. The third-order valence-electron chi connectivity index (χ3n) is 4.70. The largest absolute Gasteiger partial charge is 0.450 e. The molecule has 3 heterocycles. The van der Waals surface area contributed by atoms with E-state index >= 15 is 0 Å². The summed E-state index contributed by atoms with van der Waals surface area (Å²) < 4.78 is 6.71. The van der Waals surface area contributed by atoms with Crippen molar-refractivity contribution in [1.82, 2.24) is 24.6 Å². The molecule has 1 saturated heterocycles. The number of ether oxygens (including phenoxy) is 1. The Morgan fingerprint density at radius 3 is 2.67 bits per heavy atom. The van der Waals surface area contributed by atoms with Gasteiger partial charge >= 0.3 is 6.09 Å². The van der Waals surface area contributed by atoms with Crippen LogP contribution in [0.2, 0.25) is 0 Å². The van der Waals surface area contributed by atoms with Crippen LogP contribution in [0.1, 0.15) is 41.0 Å². The average Bonchev–Trinajstić information content (AvgIpc) is 3.28. The number of thiazole rings is 1. The molecule has 1 aliphatic heterocycles. The molecule has 8 nitrogen and oxygen atoms in total. The summed E-state index contributed by atoms with van der Waals surface area (Å²) in [7, 11) is 1.78. The van der Waals surface area contributed by atoms with E-state index < -0.39 is 0 Å². The van der Waals surface area contributed by atoms with Gasteiger partial charge in [-0.1, -0.05) is 0 Å². The van der Waals surface area contributed by atoms with E-state index in [1.807, 2.05) is 23.3 Å². The second-order valence-corrected chi connectivity index (χ2v) is 7.55. The van der Waals surface area contributed by atoms with Crippen molar-refractivity contribution in [2.75, 3.05) is 19.7 Å². The lowest BCUT2D eigenvalue weighted by Crippen LogP contribution is -2.48. The van der Waals surface area contributed by atoms with Gasteiger partial charge in [-0.05, 0) is 32.8 Å². The first-order chi connectivity index (χ1) is 13.0. The van der Waals surface area contributed by atoms with Crippen molar-refractivity contribution in [3.63, 3.8) is 0 Å². The molecule has 0 aliphatic carbocycles. The van der Waals surface area contributed by atoms with Crippen LogP contribution in [0, 0.1) is 6.92 Å². The van der Waals surface area contributed by atoms with E-state index in [2.05, 4.69) is 10.1 Å². The molecule has 0 aromatic carbocycles. The standard InChI is InChI=1S/C18H25N5O3S/c1-4-26-18(25)22-8-5-14(6-9-22)23(12-16-19-7-10-27-16)17(24)15-11-13(2)20-21(15)3/h7,10-11,14H,4-6,8-9,12H2,1-3H3. The number of aryl methyl sites for hydroxylation is 2. The minimum Gasteiger partial charge on any atom is -0.450 e. The number of amides is 2. The first kappa shape index (κ1) is 19.3. The van der Waals surface area contributed by atoms with Gasteiger partial charge in [0.1, 0.15) is 10.7 Å². The first-order valence-electron chi connectivity index (χ1n) is 9.11. The Bertz CT molecular complexity index is 781. The molecule has 0 bridgehead atoms. The predicted molar refractivity (Wildman–Crippen MR) is 102 cm³/mol. The Balaban J connectivity index is 1.76. The molecule has 0 saturated carbocycles. The first-order valence-corrected chi connectivity index (χ1v) is 9.99. The van der Waals surface area contributed by atoms with Crippen LogP contribution in [0.4, 0.5) is 4.79 Å². The zero-order valence-corrected chi connectivity index (χ0v) is 16.7. The van der Waals surface area contributed by atoms with Crippen molar-refractivity contribution >= 4 is 23.3 Å². The van der Waals surface area contributed by atoms with Crippen molar-refractivity contribution in [1.29, 1.82) is 0 Å². The van der Waals surface area contributed by atoms with E-state index in [-0.39, 0.29) is 18.0 Å². The molecule has 27 heavy (non-hydrogen) atoms. The van der Waals surface area contributed by atoms with E-state index in [0.717, 1.165) is 10.7 Å². The van der Waals surface area contributed by atoms with Gasteiger partial charge in [-0.25, -0.2) is 9.78 Å². The van der Waals surface area contributed by atoms with Gasteiger partial charge in [0.2, 0.25) is 0 Å². The maximum Gasteiger partial charge on any atom is 0.409 e. The highest BCUT2D eigenvalue weighted by atomic mass is 32.1. The molecule has 0 N–H and O–H groups in total. The van der Waals surface area contributed by atoms with Gasteiger partial charge in [-0.3, -0.25) is 9.48 Å². The van der Waals surface area contributed by atoms with Crippen LogP contribution in [-0.4, -0.2) is 62.3 Å². The number of hydrogen-bond donors (Lipinski definition) is 0. The van der Waals surface area contributed by atoms with Crippen LogP contribution < -0.4 is 0 Å². The molecular formula is C18H25N5O3S. The van der Waals surface area contributed by atoms with Crippen molar-refractivity contribution < 1.29 is 14.3 Å². The van der Waals surface area contributed by atoms with Gasteiger partial charge in [0.05, 0.1) is 18.8 Å². The maximum absolute atomic E-state index is 13.3. The summed E-state index contributed by atoms with van der Waals surface area (Å²) in [6, 6.07) is 1.85. The zero-order chi connectivity index (χ0) is 19.4. The molecule has 2 aromatic heterocycles. The summed E-state index contributed by atoms with van der Waals surface area (Å²) in [4.78, 5) is 33.1. The van der Waals surface area contributed by atoms with Gasteiger partial charge in [0.15, 0.2) is 0 Å². The fourth-order valence-electron chi connectivity index (χ4n) is 3.38. The van der Waals surface area contributed by atoms with E-state index in [1.165, 1.54) is 11.3 Å². The van der Waals surface area contributed by atoms with Crippen molar-refractivity contribution in [2.24, 2.45) is 7.05 Å². The Kier molecular flexibility index (Phi) is 6.10. The minimum atomic E-state index is -0.281. The Morgan fingerprint density at radius 2 is 2.11 bits per heavy atom. The molecule has 2 aromatic rings.